The number of likely N-dealkylation sites (tertiary alicyclic amines) is 2. The second-order valence-electron chi connectivity index (χ2n) is 7.10. The van der Waals surface area contributed by atoms with Crippen molar-refractivity contribution < 1.29 is 9.18 Å². The minimum Gasteiger partial charge on any atom is -0.339 e. The van der Waals surface area contributed by atoms with Gasteiger partial charge in [0.25, 0.3) is 5.91 Å². The van der Waals surface area contributed by atoms with Crippen molar-refractivity contribution >= 4 is 17.2 Å². The fraction of sp³-hybridized carbons (Fsp3) is 0.750. The SMILES string of the molecule is Cc1nc(CN2C[C@@H]3CN(C(=O)C4(F)CCC4)C[C@H]3C2)cs1. The molecule has 2 aliphatic heterocycles. The molecule has 4 rings (SSSR count). The van der Waals surface area contributed by atoms with Gasteiger partial charge in [0, 0.05) is 38.1 Å². The molecule has 0 bridgehead atoms. The van der Waals surface area contributed by atoms with Crippen LogP contribution in [-0.2, 0) is 11.3 Å². The van der Waals surface area contributed by atoms with Gasteiger partial charge in [-0.2, -0.15) is 0 Å². The van der Waals surface area contributed by atoms with E-state index in [-0.39, 0.29) is 5.91 Å². The number of halogens is 1. The monoisotopic (exact) mass is 323 g/mol. The first-order chi connectivity index (χ1) is 10.5. The molecule has 3 fully saturated rings. The summed E-state index contributed by atoms with van der Waals surface area (Å²) in [5, 5.41) is 3.24. The molecular weight excluding hydrogens is 301 g/mol. The number of thiazole rings is 1. The molecule has 6 heteroatoms. The highest BCUT2D eigenvalue weighted by atomic mass is 32.1. The Balaban J connectivity index is 1.33. The summed E-state index contributed by atoms with van der Waals surface area (Å²) in [5.41, 5.74) is -0.385. The topological polar surface area (TPSA) is 36.4 Å². The van der Waals surface area contributed by atoms with Gasteiger partial charge in [0.05, 0.1) is 10.7 Å². The van der Waals surface area contributed by atoms with Crippen LogP contribution in [0.1, 0.15) is 30.0 Å². The third kappa shape index (κ3) is 2.46. The summed E-state index contributed by atoms with van der Waals surface area (Å²) in [5.74, 6) is 0.773. The molecule has 3 aliphatic rings. The standard InChI is InChI=1S/C16H22FN3OS/c1-11-18-14(10-22-11)9-19-5-12-7-20(8-13(12)6-19)15(21)16(17)3-2-4-16/h10,12-13H,2-9H2,1H3/t12-,13-/m1/s1. The van der Waals surface area contributed by atoms with E-state index in [1.165, 1.54) is 0 Å². The first kappa shape index (κ1) is 14.6. The summed E-state index contributed by atoms with van der Waals surface area (Å²) < 4.78 is 14.3. The molecule has 0 N–H and O–H groups in total. The number of alkyl halides is 1. The van der Waals surface area contributed by atoms with E-state index in [1.54, 1.807) is 16.2 Å². The van der Waals surface area contributed by atoms with Crippen LogP contribution in [-0.4, -0.2) is 52.5 Å². The third-order valence-electron chi connectivity index (χ3n) is 5.43. The van der Waals surface area contributed by atoms with Crippen LogP contribution in [0.5, 0.6) is 0 Å². The minimum atomic E-state index is -1.53. The highest BCUT2D eigenvalue weighted by molar-refractivity contribution is 7.09. The van der Waals surface area contributed by atoms with Crippen LogP contribution in [0.3, 0.4) is 0 Å². The van der Waals surface area contributed by atoms with E-state index in [1.807, 2.05) is 6.92 Å². The van der Waals surface area contributed by atoms with Crippen molar-refractivity contribution in [2.24, 2.45) is 11.8 Å². The van der Waals surface area contributed by atoms with Gasteiger partial charge in [0.15, 0.2) is 5.67 Å². The van der Waals surface area contributed by atoms with Crippen molar-refractivity contribution in [3.05, 3.63) is 16.1 Å². The quantitative estimate of drug-likeness (QED) is 0.856. The molecule has 0 spiro atoms. The van der Waals surface area contributed by atoms with E-state index in [0.29, 0.717) is 24.7 Å². The van der Waals surface area contributed by atoms with Gasteiger partial charge in [-0.3, -0.25) is 9.69 Å². The van der Waals surface area contributed by atoms with Crippen LogP contribution in [0.25, 0.3) is 0 Å². The number of fused-ring (bicyclic) bond motifs is 1. The smallest absolute Gasteiger partial charge is 0.260 e. The Labute approximate surface area is 134 Å². The van der Waals surface area contributed by atoms with Crippen LogP contribution in [0.15, 0.2) is 5.38 Å². The zero-order valence-corrected chi connectivity index (χ0v) is 13.7. The van der Waals surface area contributed by atoms with E-state index in [4.69, 9.17) is 0 Å². The summed E-state index contributed by atoms with van der Waals surface area (Å²) in [6.45, 7) is 6.42. The van der Waals surface area contributed by atoms with E-state index in [9.17, 15) is 9.18 Å². The molecule has 3 heterocycles. The number of nitrogens with zero attached hydrogens (tertiary/aromatic N) is 3. The number of amides is 1. The van der Waals surface area contributed by atoms with Crippen molar-refractivity contribution in [1.82, 2.24) is 14.8 Å². The van der Waals surface area contributed by atoms with Crippen molar-refractivity contribution in [1.29, 1.82) is 0 Å². The molecular formula is C16H22FN3OS. The molecule has 1 aliphatic carbocycles. The van der Waals surface area contributed by atoms with Gasteiger partial charge in [0.2, 0.25) is 0 Å². The molecule has 2 saturated heterocycles. The summed E-state index contributed by atoms with van der Waals surface area (Å²) >= 11 is 1.69. The molecule has 1 aromatic heterocycles. The van der Waals surface area contributed by atoms with E-state index in [2.05, 4.69) is 15.3 Å². The predicted molar refractivity (Wildman–Crippen MR) is 83.4 cm³/mol. The van der Waals surface area contributed by atoms with Gasteiger partial charge in [-0.25, -0.2) is 9.37 Å². The molecule has 1 aromatic rings. The van der Waals surface area contributed by atoms with Crippen LogP contribution in [0, 0.1) is 18.8 Å². The Morgan fingerprint density at radius 1 is 1.36 bits per heavy atom. The number of rotatable bonds is 3. The van der Waals surface area contributed by atoms with Crippen molar-refractivity contribution in [2.75, 3.05) is 26.2 Å². The van der Waals surface area contributed by atoms with E-state index >= 15 is 0 Å². The summed E-state index contributed by atoms with van der Waals surface area (Å²) in [4.78, 5) is 21.0. The van der Waals surface area contributed by atoms with Crippen molar-refractivity contribution in [2.45, 2.75) is 38.4 Å². The molecule has 0 unspecified atom stereocenters. The lowest BCUT2D eigenvalue weighted by Gasteiger charge is -2.36. The van der Waals surface area contributed by atoms with Gasteiger partial charge in [0.1, 0.15) is 0 Å². The summed E-state index contributed by atoms with van der Waals surface area (Å²) in [6.07, 6.45) is 1.70. The Morgan fingerprint density at radius 3 is 2.55 bits per heavy atom. The molecule has 120 valence electrons. The lowest BCUT2D eigenvalue weighted by atomic mass is 9.81. The molecule has 0 radical (unpaired) electrons. The fourth-order valence-corrected chi connectivity index (χ4v) is 4.68. The fourth-order valence-electron chi connectivity index (χ4n) is 4.08. The second-order valence-corrected chi connectivity index (χ2v) is 8.16. The predicted octanol–water partition coefficient (Wildman–Crippen LogP) is 2.23. The third-order valence-corrected chi connectivity index (χ3v) is 6.25. The number of aryl methyl sites for hydroxylation is 1. The van der Waals surface area contributed by atoms with Crippen molar-refractivity contribution in [3.63, 3.8) is 0 Å². The Kier molecular flexibility index (Phi) is 3.49. The molecule has 0 aromatic carbocycles. The Hall–Kier alpha value is -1.01. The zero-order valence-electron chi connectivity index (χ0n) is 12.9. The molecule has 4 nitrogen and oxygen atoms in total. The lowest BCUT2D eigenvalue weighted by Crippen LogP contribution is -2.50. The van der Waals surface area contributed by atoms with Gasteiger partial charge >= 0.3 is 0 Å². The number of hydrogen-bond donors (Lipinski definition) is 0. The maximum Gasteiger partial charge on any atom is 0.260 e. The zero-order chi connectivity index (χ0) is 15.3. The second kappa shape index (κ2) is 5.27. The maximum atomic E-state index is 14.3. The largest absolute Gasteiger partial charge is 0.339 e. The van der Waals surface area contributed by atoms with Gasteiger partial charge < -0.3 is 4.90 Å². The lowest BCUT2D eigenvalue weighted by molar-refractivity contribution is -0.149. The summed E-state index contributed by atoms with van der Waals surface area (Å²) in [7, 11) is 0. The normalized spacial score (nSPS) is 30.4. The average molecular weight is 323 g/mol. The number of carbonyl (C=O) groups is 1. The van der Waals surface area contributed by atoms with E-state index in [0.717, 1.165) is 49.8 Å². The highest BCUT2D eigenvalue weighted by Gasteiger charge is 2.50. The van der Waals surface area contributed by atoms with Crippen LogP contribution in [0.4, 0.5) is 4.39 Å². The van der Waals surface area contributed by atoms with Gasteiger partial charge in [-0.05, 0) is 38.0 Å². The Morgan fingerprint density at radius 2 is 2.05 bits per heavy atom. The average Bonchev–Trinajstić information content (AvgIpc) is 3.10. The molecule has 22 heavy (non-hydrogen) atoms. The molecule has 1 saturated carbocycles. The van der Waals surface area contributed by atoms with Gasteiger partial charge in [-0.1, -0.05) is 0 Å². The summed E-state index contributed by atoms with van der Waals surface area (Å²) in [6, 6.07) is 0. The van der Waals surface area contributed by atoms with Gasteiger partial charge in [-0.15, -0.1) is 11.3 Å². The molecule has 1 amide bonds. The van der Waals surface area contributed by atoms with E-state index < -0.39 is 5.67 Å². The number of carbonyl (C=O) groups excluding carboxylic acids is 1. The van der Waals surface area contributed by atoms with Crippen LogP contribution < -0.4 is 0 Å². The number of hydrogen-bond acceptors (Lipinski definition) is 4. The molecule has 2 atom stereocenters. The first-order valence-corrected chi connectivity index (χ1v) is 9.03. The van der Waals surface area contributed by atoms with Crippen LogP contribution >= 0.6 is 11.3 Å². The minimum absolute atomic E-state index is 0.241. The number of aromatic nitrogens is 1. The van der Waals surface area contributed by atoms with Crippen molar-refractivity contribution in [3.8, 4) is 0 Å². The first-order valence-electron chi connectivity index (χ1n) is 8.15. The highest BCUT2D eigenvalue weighted by Crippen LogP contribution is 2.40. The Bertz CT molecular complexity index is 572. The maximum absolute atomic E-state index is 14.3. The van der Waals surface area contributed by atoms with Crippen LogP contribution in [0.2, 0.25) is 0 Å².